The molecule has 0 unspecified atom stereocenters. The van der Waals surface area contributed by atoms with Crippen LogP contribution in [0.1, 0.15) is 26.6 Å². The Kier molecular flexibility index (Phi) is 4.34. The van der Waals surface area contributed by atoms with Crippen molar-refractivity contribution in [3.63, 3.8) is 0 Å². The highest BCUT2D eigenvalue weighted by atomic mass is 32.1. The number of thiophene rings is 1. The van der Waals surface area contributed by atoms with E-state index in [0.717, 1.165) is 10.9 Å². The monoisotopic (exact) mass is 404 g/mol. The molecule has 1 aromatic carbocycles. The normalized spacial score (nSPS) is 13.3. The van der Waals surface area contributed by atoms with Crippen molar-refractivity contribution in [2.45, 2.75) is 12.7 Å². The Morgan fingerprint density at radius 2 is 2.07 bits per heavy atom. The van der Waals surface area contributed by atoms with E-state index < -0.39 is 34.5 Å². The van der Waals surface area contributed by atoms with E-state index in [-0.39, 0.29) is 17.5 Å². The highest BCUT2D eigenvalue weighted by Crippen LogP contribution is 2.35. The molecule has 3 aromatic rings. The molecule has 1 amide bonds. The quantitative estimate of drug-likeness (QED) is 0.699. The van der Waals surface area contributed by atoms with Gasteiger partial charge in [-0.2, -0.15) is 13.2 Å². The van der Waals surface area contributed by atoms with E-state index in [4.69, 9.17) is 0 Å². The molecule has 6 nitrogen and oxygen atoms in total. The summed E-state index contributed by atoms with van der Waals surface area (Å²) in [7, 11) is 0. The number of alkyl halides is 3. The van der Waals surface area contributed by atoms with Crippen LogP contribution in [0.2, 0.25) is 0 Å². The fraction of sp³-hybridized carbons (Fsp3) is 0.111. The van der Waals surface area contributed by atoms with Gasteiger partial charge in [-0.15, -0.1) is 11.3 Å². The van der Waals surface area contributed by atoms with Gasteiger partial charge in [0.25, 0.3) is 11.5 Å². The molecule has 1 aliphatic heterocycles. The van der Waals surface area contributed by atoms with Gasteiger partial charge in [-0.3, -0.25) is 14.6 Å². The lowest BCUT2D eigenvalue weighted by Crippen LogP contribution is -2.28. The third kappa shape index (κ3) is 3.33. The summed E-state index contributed by atoms with van der Waals surface area (Å²) in [6.45, 7) is 0.177. The zero-order chi connectivity index (χ0) is 19.9. The molecule has 0 saturated carbocycles. The number of benzene rings is 1. The van der Waals surface area contributed by atoms with Gasteiger partial charge in [0.05, 0.1) is 23.0 Å². The Balaban J connectivity index is 1.78. The average Bonchev–Trinajstić information content (AvgIpc) is 3.10. The molecule has 0 bridgehead atoms. The molecule has 2 N–H and O–H groups in total. The summed E-state index contributed by atoms with van der Waals surface area (Å²) in [5.41, 5.74) is -1.80. The maximum Gasteiger partial charge on any atom is 0.418 e. The number of nitrogens with one attached hydrogen (secondary N) is 2. The first-order valence-electron chi connectivity index (χ1n) is 8.02. The van der Waals surface area contributed by atoms with E-state index in [9.17, 15) is 22.8 Å². The molecule has 0 saturated heterocycles. The Hall–Kier alpha value is -3.27. The number of carbonyl (C=O) groups is 1. The Morgan fingerprint density at radius 1 is 1.29 bits per heavy atom. The molecule has 2 aromatic heterocycles. The van der Waals surface area contributed by atoms with Crippen molar-refractivity contribution in [1.29, 1.82) is 0 Å². The van der Waals surface area contributed by atoms with Gasteiger partial charge < -0.3 is 10.3 Å². The minimum atomic E-state index is -4.75. The van der Waals surface area contributed by atoms with E-state index in [2.05, 4.69) is 20.3 Å². The number of amides is 1. The maximum absolute atomic E-state index is 13.6. The summed E-state index contributed by atoms with van der Waals surface area (Å²) in [6, 6.07) is 5.81. The van der Waals surface area contributed by atoms with Crippen molar-refractivity contribution in [3.8, 4) is 0 Å². The zero-order valence-electron chi connectivity index (χ0n) is 14.0. The fourth-order valence-electron chi connectivity index (χ4n) is 2.70. The number of hydrogen-bond acceptors (Lipinski definition) is 5. The number of hydrogen-bond donors (Lipinski definition) is 2. The van der Waals surface area contributed by atoms with Crippen LogP contribution in [0.4, 0.5) is 13.2 Å². The molecular weight excluding hydrogens is 393 g/mol. The number of H-pyrrole nitrogens is 1. The summed E-state index contributed by atoms with van der Waals surface area (Å²) in [5.74, 6) is -1.24. The van der Waals surface area contributed by atoms with Crippen LogP contribution >= 0.6 is 11.3 Å². The molecule has 28 heavy (non-hydrogen) atoms. The number of aromatic amines is 1. The fourth-order valence-corrected chi connectivity index (χ4v) is 3.34. The SMILES string of the molecule is O=C(NCc1cccs1)c1nc2c(C(F)(F)F)cc(C3=CN=C3)cc2c(=O)[nH]1. The minimum absolute atomic E-state index is 0.177. The summed E-state index contributed by atoms with van der Waals surface area (Å²) >= 11 is 1.41. The van der Waals surface area contributed by atoms with Crippen molar-refractivity contribution in [2.75, 3.05) is 0 Å². The van der Waals surface area contributed by atoms with E-state index in [1.807, 2.05) is 5.38 Å². The summed E-state index contributed by atoms with van der Waals surface area (Å²) < 4.78 is 40.7. The average molecular weight is 404 g/mol. The molecule has 0 fully saturated rings. The lowest BCUT2D eigenvalue weighted by molar-refractivity contribution is -0.136. The van der Waals surface area contributed by atoms with Gasteiger partial charge in [0.1, 0.15) is 0 Å². The van der Waals surface area contributed by atoms with Gasteiger partial charge >= 0.3 is 6.18 Å². The number of nitrogens with zero attached hydrogens (tertiary/aromatic N) is 2. The highest BCUT2D eigenvalue weighted by molar-refractivity contribution is 7.09. The van der Waals surface area contributed by atoms with Crippen LogP contribution in [0, 0.1) is 0 Å². The zero-order valence-corrected chi connectivity index (χ0v) is 14.8. The van der Waals surface area contributed by atoms with Crippen LogP contribution in [0.5, 0.6) is 0 Å². The van der Waals surface area contributed by atoms with Crippen LogP contribution in [0.25, 0.3) is 16.5 Å². The minimum Gasteiger partial charge on any atom is -0.344 e. The molecule has 0 radical (unpaired) electrons. The number of rotatable bonds is 4. The maximum atomic E-state index is 13.6. The summed E-state index contributed by atoms with van der Waals surface area (Å²) in [5, 5.41) is 4.11. The smallest absolute Gasteiger partial charge is 0.344 e. The summed E-state index contributed by atoms with van der Waals surface area (Å²) in [6.07, 6.45) is -1.95. The summed E-state index contributed by atoms with van der Waals surface area (Å²) in [4.78, 5) is 35.3. The van der Waals surface area contributed by atoms with Gasteiger partial charge in [-0.25, -0.2) is 4.98 Å². The predicted molar refractivity (Wildman–Crippen MR) is 99.3 cm³/mol. The van der Waals surface area contributed by atoms with E-state index in [1.54, 1.807) is 12.1 Å². The molecule has 0 aliphatic carbocycles. The van der Waals surface area contributed by atoms with Crippen molar-refractivity contribution >= 4 is 39.9 Å². The van der Waals surface area contributed by atoms with Crippen LogP contribution in [0.3, 0.4) is 0 Å². The highest BCUT2D eigenvalue weighted by Gasteiger charge is 2.35. The molecule has 3 heterocycles. The van der Waals surface area contributed by atoms with Crippen LogP contribution in [-0.2, 0) is 12.7 Å². The first-order valence-corrected chi connectivity index (χ1v) is 8.90. The molecule has 1 aliphatic rings. The van der Waals surface area contributed by atoms with Crippen molar-refractivity contribution in [2.24, 2.45) is 4.99 Å². The standard InChI is InChI=1S/C18H11F3N4O2S/c19-18(20,21)13-5-9(10-6-22-7-10)4-12-14(13)24-15(25-16(12)26)17(27)23-8-11-2-1-3-28-11/h1-7H,8H2,(H,23,27)(H,24,25,26). The Bertz CT molecular complexity index is 1190. The number of halogens is 3. The molecule has 10 heteroatoms. The van der Waals surface area contributed by atoms with Gasteiger partial charge in [0.2, 0.25) is 0 Å². The van der Waals surface area contributed by atoms with Gasteiger partial charge in [0.15, 0.2) is 5.82 Å². The predicted octanol–water partition coefficient (Wildman–Crippen LogP) is 3.36. The Morgan fingerprint density at radius 3 is 2.68 bits per heavy atom. The first kappa shape index (κ1) is 18.1. The number of aliphatic imine (C=N–C) groups is 1. The second-order valence-electron chi connectivity index (χ2n) is 5.96. The lowest BCUT2D eigenvalue weighted by atomic mass is 9.99. The molecule has 0 spiro atoms. The van der Waals surface area contributed by atoms with Crippen LogP contribution in [-0.4, -0.2) is 22.1 Å². The number of carbonyl (C=O) groups excluding carboxylic acids is 1. The van der Waals surface area contributed by atoms with Gasteiger partial charge in [-0.05, 0) is 29.1 Å². The van der Waals surface area contributed by atoms with E-state index in [0.29, 0.717) is 5.57 Å². The number of aromatic nitrogens is 2. The van der Waals surface area contributed by atoms with Crippen molar-refractivity contribution < 1.29 is 18.0 Å². The largest absolute Gasteiger partial charge is 0.418 e. The van der Waals surface area contributed by atoms with E-state index in [1.165, 1.54) is 29.8 Å². The number of fused-ring (bicyclic) bond motifs is 1. The van der Waals surface area contributed by atoms with Crippen LogP contribution in [0.15, 0.2) is 45.6 Å². The van der Waals surface area contributed by atoms with Gasteiger partial charge in [-0.1, -0.05) is 6.07 Å². The van der Waals surface area contributed by atoms with Crippen molar-refractivity contribution in [1.82, 2.24) is 15.3 Å². The second kappa shape index (κ2) is 6.71. The van der Waals surface area contributed by atoms with Gasteiger partial charge in [0, 0.05) is 22.9 Å². The molecule has 0 atom stereocenters. The van der Waals surface area contributed by atoms with Crippen LogP contribution < -0.4 is 10.9 Å². The Labute approximate surface area is 159 Å². The lowest BCUT2D eigenvalue weighted by Gasteiger charge is -2.14. The molecule has 142 valence electrons. The third-order valence-corrected chi connectivity index (χ3v) is 4.97. The molecular formula is C18H11F3N4O2S. The second-order valence-corrected chi connectivity index (χ2v) is 6.99. The van der Waals surface area contributed by atoms with Crippen molar-refractivity contribution in [3.05, 3.63) is 68.0 Å². The first-order chi connectivity index (χ1) is 13.3. The molecule has 4 rings (SSSR count). The van der Waals surface area contributed by atoms with E-state index >= 15 is 0 Å². The third-order valence-electron chi connectivity index (χ3n) is 4.09. The topological polar surface area (TPSA) is 87.2 Å². The number of allylic oxidation sites excluding steroid dienone is 1.